The zero-order chi connectivity index (χ0) is 21.6. The molecule has 7 nitrogen and oxygen atoms in total. The van der Waals surface area contributed by atoms with E-state index in [1.807, 2.05) is 26.0 Å². The first kappa shape index (κ1) is 23.3. The topological polar surface area (TPSA) is 86.8 Å². The van der Waals surface area contributed by atoms with Crippen molar-refractivity contribution in [2.24, 2.45) is 0 Å². The van der Waals surface area contributed by atoms with Crippen LogP contribution in [-0.2, 0) is 19.6 Å². The van der Waals surface area contributed by atoms with Crippen LogP contribution in [0.5, 0.6) is 0 Å². The van der Waals surface area contributed by atoms with Gasteiger partial charge in [0.25, 0.3) is 0 Å². The van der Waals surface area contributed by atoms with E-state index in [1.165, 1.54) is 4.31 Å². The van der Waals surface area contributed by atoms with Gasteiger partial charge in [-0.05, 0) is 44.4 Å². The number of hydrogen-bond donors (Lipinski definition) is 1. The number of nitrogens with zero attached hydrogens (tertiary/aromatic N) is 2. The molecule has 162 valence electrons. The molecule has 8 heteroatoms. The Labute approximate surface area is 174 Å². The van der Waals surface area contributed by atoms with Gasteiger partial charge in [-0.1, -0.05) is 25.5 Å². The Morgan fingerprint density at radius 3 is 2.38 bits per heavy atom. The monoisotopic (exact) mass is 423 g/mol. The van der Waals surface area contributed by atoms with Crippen LogP contribution < -0.4 is 5.32 Å². The summed E-state index contributed by atoms with van der Waals surface area (Å²) >= 11 is 0. The highest BCUT2D eigenvalue weighted by atomic mass is 32.2. The van der Waals surface area contributed by atoms with Crippen LogP contribution in [0.2, 0.25) is 0 Å². The van der Waals surface area contributed by atoms with Gasteiger partial charge < -0.3 is 10.2 Å². The lowest BCUT2D eigenvalue weighted by Crippen LogP contribution is -2.50. The van der Waals surface area contributed by atoms with E-state index >= 15 is 0 Å². The van der Waals surface area contributed by atoms with E-state index in [2.05, 4.69) is 12.2 Å². The number of rotatable bonds is 8. The normalized spacial score (nSPS) is 16.5. The molecule has 0 aromatic heterocycles. The maximum absolute atomic E-state index is 13.0. The van der Waals surface area contributed by atoms with Crippen molar-refractivity contribution in [2.75, 3.05) is 26.2 Å². The fraction of sp³-hybridized carbons (Fsp3) is 0.619. The molecule has 1 unspecified atom stereocenters. The number of carbonyl (C=O) groups is 2. The molecular formula is C21H33N3O4S. The fourth-order valence-corrected chi connectivity index (χ4v) is 5.26. The number of piperazine rings is 1. The summed E-state index contributed by atoms with van der Waals surface area (Å²) in [7, 11) is -3.58. The van der Waals surface area contributed by atoms with Gasteiger partial charge in [-0.25, -0.2) is 8.42 Å². The third-order valence-electron chi connectivity index (χ3n) is 5.25. The maximum Gasteiger partial charge on any atom is 0.243 e. The summed E-state index contributed by atoms with van der Waals surface area (Å²) in [5.74, 6) is -0.220. The van der Waals surface area contributed by atoms with Gasteiger partial charge in [0.15, 0.2) is 0 Å². The standard InChI is InChI=1S/C21H33N3O4S/c1-5-6-18(4)22-20(25)9-10-21(26)23-11-13-24(14-12-23)29(27,28)19-15-16(2)7-8-17(19)3/h7-8,15,18H,5-6,9-14H2,1-4H3,(H,22,25). The second-order valence-electron chi connectivity index (χ2n) is 7.81. The Bertz CT molecular complexity index is 830. The van der Waals surface area contributed by atoms with Gasteiger partial charge in [-0.2, -0.15) is 4.31 Å². The molecule has 1 N–H and O–H groups in total. The van der Waals surface area contributed by atoms with E-state index in [0.29, 0.717) is 18.0 Å². The molecule has 1 aromatic carbocycles. The third kappa shape index (κ3) is 6.27. The van der Waals surface area contributed by atoms with E-state index in [9.17, 15) is 18.0 Å². The summed E-state index contributed by atoms with van der Waals surface area (Å²) < 4.78 is 27.4. The quantitative estimate of drug-likeness (QED) is 0.695. The van der Waals surface area contributed by atoms with E-state index in [0.717, 1.165) is 24.0 Å². The average Bonchev–Trinajstić information content (AvgIpc) is 2.68. The number of sulfonamides is 1. The van der Waals surface area contributed by atoms with Crippen LogP contribution in [0.4, 0.5) is 0 Å². The van der Waals surface area contributed by atoms with Crippen molar-refractivity contribution in [2.45, 2.75) is 64.3 Å². The minimum atomic E-state index is -3.58. The first-order valence-corrected chi connectivity index (χ1v) is 11.7. The molecule has 0 radical (unpaired) electrons. The molecule has 2 amide bonds. The zero-order valence-corrected chi connectivity index (χ0v) is 18.7. The van der Waals surface area contributed by atoms with Crippen LogP contribution in [-0.4, -0.2) is 61.7 Å². The van der Waals surface area contributed by atoms with Crippen LogP contribution in [0.1, 0.15) is 50.7 Å². The Morgan fingerprint density at radius 2 is 1.76 bits per heavy atom. The summed E-state index contributed by atoms with van der Waals surface area (Å²) in [5, 5.41) is 2.90. The van der Waals surface area contributed by atoms with Crippen LogP contribution in [0, 0.1) is 13.8 Å². The van der Waals surface area contributed by atoms with Crippen molar-refractivity contribution in [3.63, 3.8) is 0 Å². The molecule has 1 aromatic rings. The van der Waals surface area contributed by atoms with Gasteiger partial charge in [-0.15, -0.1) is 0 Å². The highest BCUT2D eigenvalue weighted by Gasteiger charge is 2.31. The Hall–Kier alpha value is -1.93. The highest BCUT2D eigenvalue weighted by Crippen LogP contribution is 2.22. The lowest BCUT2D eigenvalue weighted by Gasteiger charge is -2.34. The summed E-state index contributed by atoms with van der Waals surface area (Å²) in [6.07, 6.45) is 2.22. The van der Waals surface area contributed by atoms with Crippen molar-refractivity contribution in [1.29, 1.82) is 0 Å². The van der Waals surface area contributed by atoms with E-state index in [-0.39, 0.29) is 43.8 Å². The third-order valence-corrected chi connectivity index (χ3v) is 7.29. The van der Waals surface area contributed by atoms with Gasteiger partial charge in [0.05, 0.1) is 4.90 Å². The molecule has 1 aliphatic heterocycles. The first-order chi connectivity index (χ1) is 13.6. The number of amides is 2. The molecule has 0 aliphatic carbocycles. The van der Waals surface area contributed by atoms with E-state index in [4.69, 9.17) is 0 Å². The van der Waals surface area contributed by atoms with Crippen LogP contribution in [0.25, 0.3) is 0 Å². The van der Waals surface area contributed by atoms with Crippen molar-refractivity contribution in [3.05, 3.63) is 29.3 Å². The van der Waals surface area contributed by atoms with E-state index < -0.39 is 10.0 Å². The molecule has 1 aliphatic rings. The van der Waals surface area contributed by atoms with Crippen molar-refractivity contribution < 1.29 is 18.0 Å². The van der Waals surface area contributed by atoms with Crippen molar-refractivity contribution >= 4 is 21.8 Å². The molecule has 29 heavy (non-hydrogen) atoms. The Morgan fingerprint density at radius 1 is 1.10 bits per heavy atom. The molecule has 0 spiro atoms. The molecule has 1 saturated heterocycles. The molecule has 0 bridgehead atoms. The number of nitrogens with one attached hydrogen (secondary N) is 1. The molecule has 1 atom stereocenters. The van der Waals surface area contributed by atoms with Crippen LogP contribution in [0.15, 0.2) is 23.1 Å². The first-order valence-electron chi connectivity index (χ1n) is 10.3. The van der Waals surface area contributed by atoms with Gasteiger partial charge >= 0.3 is 0 Å². The zero-order valence-electron chi connectivity index (χ0n) is 17.9. The highest BCUT2D eigenvalue weighted by molar-refractivity contribution is 7.89. The predicted octanol–water partition coefficient (Wildman–Crippen LogP) is 2.22. The van der Waals surface area contributed by atoms with E-state index in [1.54, 1.807) is 17.9 Å². The number of carbonyl (C=O) groups excluding carboxylic acids is 2. The fourth-order valence-electron chi connectivity index (χ4n) is 3.53. The summed E-state index contributed by atoms with van der Waals surface area (Å²) in [6, 6.07) is 5.51. The summed E-state index contributed by atoms with van der Waals surface area (Å²) in [5.41, 5.74) is 1.62. The Kier molecular flexibility index (Phi) is 8.22. The lowest BCUT2D eigenvalue weighted by molar-refractivity contribution is -0.134. The Balaban J connectivity index is 1.87. The second kappa shape index (κ2) is 10.2. The number of benzene rings is 1. The smallest absolute Gasteiger partial charge is 0.243 e. The van der Waals surface area contributed by atoms with Gasteiger partial charge in [0.1, 0.15) is 0 Å². The van der Waals surface area contributed by atoms with Gasteiger partial charge in [0.2, 0.25) is 21.8 Å². The SMILES string of the molecule is CCCC(C)NC(=O)CCC(=O)N1CCN(S(=O)(=O)c2cc(C)ccc2C)CC1. The van der Waals surface area contributed by atoms with Crippen LogP contribution in [0.3, 0.4) is 0 Å². The lowest BCUT2D eigenvalue weighted by atomic mass is 10.2. The van der Waals surface area contributed by atoms with Crippen molar-refractivity contribution in [1.82, 2.24) is 14.5 Å². The predicted molar refractivity (Wildman–Crippen MR) is 113 cm³/mol. The molecule has 1 heterocycles. The molecule has 1 fully saturated rings. The molecule has 2 rings (SSSR count). The summed E-state index contributed by atoms with van der Waals surface area (Å²) in [6.45, 7) is 8.90. The number of aryl methyl sites for hydroxylation is 2. The minimum absolute atomic E-state index is 0.105. The van der Waals surface area contributed by atoms with Gasteiger partial charge in [0, 0.05) is 45.1 Å². The largest absolute Gasteiger partial charge is 0.354 e. The van der Waals surface area contributed by atoms with Gasteiger partial charge in [-0.3, -0.25) is 9.59 Å². The second-order valence-corrected chi connectivity index (χ2v) is 9.72. The van der Waals surface area contributed by atoms with Crippen LogP contribution >= 0.6 is 0 Å². The maximum atomic E-state index is 13.0. The molecule has 0 saturated carbocycles. The number of hydrogen-bond acceptors (Lipinski definition) is 4. The average molecular weight is 424 g/mol. The summed E-state index contributed by atoms with van der Waals surface area (Å²) in [4.78, 5) is 26.3. The molecular weight excluding hydrogens is 390 g/mol. The minimum Gasteiger partial charge on any atom is -0.354 e. The van der Waals surface area contributed by atoms with Crippen molar-refractivity contribution in [3.8, 4) is 0 Å².